The van der Waals surface area contributed by atoms with Crippen LogP contribution in [0.15, 0.2) is 42.6 Å². The lowest BCUT2D eigenvalue weighted by Gasteiger charge is -2.01. The quantitative estimate of drug-likeness (QED) is 0.737. The summed E-state index contributed by atoms with van der Waals surface area (Å²) in [5, 5.41) is 0.360. The number of hydrogen-bond acceptors (Lipinski definition) is 1. The van der Waals surface area contributed by atoms with E-state index in [9.17, 15) is 4.79 Å². The van der Waals surface area contributed by atoms with Gasteiger partial charge in [-0.15, -0.1) is 0 Å². The monoisotopic (exact) mass is 239 g/mol. The Balaban J connectivity index is 2.46. The van der Waals surface area contributed by atoms with Crippen molar-refractivity contribution >= 4 is 29.2 Å². The SMILES string of the molecule is O=C(c1ccccc1)c1c(Cl)ccn1Cl. The van der Waals surface area contributed by atoms with Gasteiger partial charge in [0.25, 0.3) is 0 Å². The Labute approximate surface area is 97.2 Å². The van der Waals surface area contributed by atoms with Crippen molar-refractivity contribution in [1.82, 2.24) is 4.09 Å². The van der Waals surface area contributed by atoms with E-state index in [1.807, 2.05) is 6.07 Å². The van der Waals surface area contributed by atoms with Gasteiger partial charge in [-0.2, -0.15) is 0 Å². The van der Waals surface area contributed by atoms with Crippen LogP contribution in [0.25, 0.3) is 0 Å². The minimum Gasteiger partial charge on any atom is -0.287 e. The number of benzene rings is 1. The van der Waals surface area contributed by atoms with Crippen molar-refractivity contribution in [2.45, 2.75) is 0 Å². The van der Waals surface area contributed by atoms with Crippen LogP contribution >= 0.6 is 23.4 Å². The zero-order valence-corrected chi connectivity index (χ0v) is 9.16. The summed E-state index contributed by atoms with van der Waals surface area (Å²) in [7, 11) is 0. The number of rotatable bonds is 2. The summed E-state index contributed by atoms with van der Waals surface area (Å²) in [5.74, 6) is -0.180. The maximum absolute atomic E-state index is 12.0. The highest BCUT2D eigenvalue weighted by Crippen LogP contribution is 2.21. The maximum atomic E-state index is 12.0. The fourth-order valence-corrected chi connectivity index (χ4v) is 1.82. The van der Waals surface area contributed by atoms with Crippen molar-refractivity contribution in [2.75, 3.05) is 0 Å². The molecule has 2 nitrogen and oxygen atoms in total. The topological polar surface area (TPSA) is 22.0 Å². The summed E-state index contributed by atoms with van der Waals surface area (Å²) < 4.78 is 1.21. The number of halogens is 2. The van der Waals surface area contributed by atoms with E-state index in [4.69, 9.17) is 23.4 Å². The first kappa shape index (κ1) is 10.3. The molecule has 0 aliphatic heterocycles. The predicted octanol–water partition coefficient (Wildman–Crippen LogP) is 3.37. The van der Waals surface area contributed by atoms with E-state index in [0.29, 0.717) is 16.3 Å². The molecule has 0 aliphatic carbocycles. The highest BCUT2D eigenvalue weighted by Gasteiger charge is 2.16. The highest BCUT2D eigenvalue weighted by molar-refractivity contribution is 6.36. The van der Waals surface area contributed by atoms with Gasteiger partial charge in [-0.1, -0.05) is 41.9 Å². The van der Waals surface area contributed by atoms with Gasteiger partial charge in [0.2, 0.25) is 5.78 Å². The third-order valence-electron chi connectivity index (χ3n) is 2.04. The molecular formula is C11H7Cl2NO. The van der Waals surface area contributed by atoms with Crippen LogP contribution in [-0.2, 0) is 0 Å². The highest BCUT2D eigenvalue weighted by atomic mass is 35.5. The average molecular weight is 240 g/mol. The van der Waals surface area contributed by atoms with Crippen LogP contribution in [0.5, 0.6) is 0 Å². The minimum atomic E-state index is -0.180. The Morgan fingerprint density at radius 1 is 1.13 bits per heavy atom. The summed E-state index contributed by atoms with van der Waals surface area (Å²) >= 11 is 11.7. The predicted molar refractivity (Wildman–Crippen MR) is 60.6 cm³/mol. The van der Waals surface area contributed by atoms with E-state index in [0.717, 1.165) is 0 Å². The van der Waals surface area contributed by atoms with Gasteiger partial charge < -0.3 is 0 Å². The van der Waals surface area contributed by atoms with Crippen molar-refractivity contribution in [3.05, 3.63) is 58.9 Å². The lowest BCUT2D eigenvalue weighted by molar-refractivity contribution is 0.103. The lowest BCUT2D eigenvalue weighted by atomic mass is 10.1. The molecule has 2 rings (SSSR count). The minimum absolute atomic E-state index is 0.180. The summed E-state index contributed by atoms with van der Waals surface area (Å²) in [5.41, 5.74) is 0.865. The molecule has 0 bridgehead atoms. The van der Waals surface area contributed by atoms with Crippen molar-refractivity contribution in [3.8, 4) is 0 Å². The third-order valence-corrected chi connectivity index (χ3v) is 2.63. The number of carbonyl (C=O) groups excluding carboxylic acids is 1. The van der Waals surface area contributed by atoms with Crippen molar-refractivity contribution in [2.24, 2.45) is 0 Å². The first-order valence-electron chi connectivity index (χ1n) is 4.33. The molecule has 1 aromatic heterocycles. The van der Waals surface area contributed by atoms with E-state index < -0.39 is 0 Å². The van der Waals surface area contributed by atoms with Crippen LogP contribution in [0.4, 0.5) is 0 Å². The van der Waals surface area contributed by atoms with Crippen molar-refractivity contribution < 1.29 is 4.79 Å². The molecule has 2 aromatic rings. The maximum Gasteiger partial charge on any atom is 0.212 e. The summed E-state index contributed by atoms with van der Waals surface area (Å²) in [6.07, 6.45) is 1.54. The molecule has 0 radical (unpaired) electrons. The first-order valence-corrected chi connectivity index (χ1v) is 5.04. The summed E-state index contributed by atoms with van der Waals surface area (Å²) in [6, 6.07) is 10.5. The van der Waals surface area contributed by atoms with Crippen molar-refractivity contribution in [1.29, 1.82) is 0 Å². The summed E-state index contributed by atoms with van der Waals surface area (Å²) in [4.78, 5) is 12.0. The number of aromatic nitrogens is 1. The average Bonchev–Trinajstić information content (AvgIpc) is 2.59. The number of carbonyl (C=O) groups is 1. The molecule has 0 N–H and O–H groups in total. The molecule has 15 heavy (non-hydrogen) atoms. The van der Waals surface area contributed by atoms with E-state index in [1.165, 1.54) is 4.09 Å². The van der Waals surface area contributed by atoms with Crippen LogP contribution in [0.1, 0.15) is 16.1 Å². The Morgan fingerprint density at radius 2 is 1.80 bits per heavy atom. The fourth-order valence-electron chi connectivity index (χ4n) is 1.32. The molecule has 0 saturated heterocycles. The second-order valence-corrected chi connectivity index (χ2v) is 3.79. The Morgan fingerprint density at radius 3 is 2.33 bits per heavy atom. The van der Waals surface area contributed by atoms with Crippen LogP contribution in [0.3, 0.4) is 0 Å². The zero-order chi connectivity index (χ0) is 10.8. The fraction of sp³-hybridized carbons (Fsp3) is 0. The van der Waals surface area contributed by atoms with Gasteiger partial charge in [0, 0.05) is 23.5 Å². The van der Waals surface area contributed by atoms with Gasteiger partial charge in [-0.3, -0.25) is 8.88 Å². The van der Waals surface area contributed by atoms with Gasteiger partial charge in [-0.05, 0) is 6.07 Å². The molecule has 0 atom stereocenters. The third kappa shape index (κ3) is 1.91. The van der Waals surface area contributed by atoms with E-state index >= 15 is 0 Å². The molecule has 1 heterocycles. The molecule has 0 fully saturated rings. The van der Waals surface area contributed by atoms with Gasteiger partial charge >= 0.3 is 0 Å². The van der Waals surface area contributed by atoms with E-state index in [2.05, 4.69) is 0 Å². The van der Waals surface area contributed by atoms with Gasteiger partial charge in [0.15, 0.2) is 0 Å². The zero-order valence-electron chi connectivity index (χ0n) is 7.65. The Kier molecular flexibility index (Phi) is 2.80. The van der Waals surface area contributed by atoms with Crippen LogP contribution in [0, 0.1) is 0 Å². The summed E-state index contributed by atoms with van der Waals surface area (Å²) in [6.45, 7) is 0. The first-order chi connectivity index (χ1) is 7.20. The molecule has 0 unspecified atom stereocenters. The van der Waals surface area contributed by atoms with Gasteiger partial charge in [0.1, 0.15) is 5.69 Å². The van der Waals surface area contributed by atoms with Crippen LogP contribution in [0.2, 0.25) is 5.02 Å². The molecule has 0 saturated carbocycles. The lowest BCUT2D eigenvalue weighted by Crippen LogP contribution is -2.04. The van der Waals surface area contributed by atoms with Gasteiger partial charge in [-0.25, -0.2) is 0 Å². The van der Waals surface area contributed by atoms with Crippen molar-refractivity contribution in [3.63, 3.8) is 0 Å². The van der Waals surface area contributed by atoms with E-state index in [1.54, 1.807) is 36.5 Å². The standard InChI is InChI=1S/C11H7Cl2NO/c12-9-6-7-14(13)10(9)11(15)8-4-2-1-3-5-8/h1-7H. The number of nitrogens with zero attached hydrogens (tertiary/aromatic N) is 1. The Bertz CT molecular complexity index is 471. The molecule has 4 heteroatoms. The van der Waals surface area contributed by atoms with Crippen LogP contribution in [-0.4, -0.2) is 9.87 Å². The van der Waals surface area contributed by atoms with E-state index in [-0.39, 0.29) is 5.78 Å². The second kappa shape index (κ2) is 4.09. The smallest absolute Gasteiger partial charge is 0.212 e. The Hall–Kier alpha value is -1.25. The van der Waals surface area contributed by atoms with Crippen LogP contribution < -0.4 is 0 Å². The largest absolute Gasteiger partial charge is 0.287 e. The molecule has 1 aromatic carbocycles. The molecule has 0 aliphatic rings. The second-order valence-electron chi connectivity index (χ2n) is 3.02. The normalized spacial score (nSPS) is 10.3. The molecule has 76 valence electrons. The number of ketones is 1. The molecule has 0 spiro atoms. The molecular weight excluding hydrogens is 233 g/mol. The van der Waals surface area contributed by atoms with Gasteiger partial charge in [0.05, 0.1) is 5.02 Å². The number of hydrogen-bond donors (Lipinski definition) is 0. The molecule has 0 amide bonds.